The predicted molar refractivity (Wildman–Crippen MR) is 93.3 cm³/mol. The number of nitrogens with zero attached hydrogens (tertiary/aromatic N) is 3. The Kier molecular flexibility index (Phi) is 4.59. The molecule has 3 rings (SSSR count). The Morgan fingerprint density at radius 2 is 2.08 bits per heavy atom. The van der Waals surface area contributed by atoms with E-state index in [9.17, 15) is 13.2 Å². The van der Waals surface area contributed by atoms with Crippen molar-refractivity contribution in [2.75, 3.05) is 14.1 Å². The number of fused-ring (bicyclic) bond motifs is 1. The molecule has 0 saturated heterocycles. The Bertz CT molecular complexity index is 917. The predicted octanol–water partition coefficient (Wildman–Crippen LogP) is 2.01. The van der Waals surface area contributed by atoms with Gasteiger partial charge in [0.15, 0.2) is 0 Å². The molecule has 0 amide bonds. The van der Waals surface area contributed by atoms with Crippen molar-refractivity contribution in [2.45, 2.75) is 38.3 Å². The molecule has 136 valence electrons. The molecular formula is C17H23N3O4S. The van der Waals surface area contributed by atoms with E-state index in [0.717, 1.165) is 11.9 Å². The Labute approximate surface area is 147 Å². The molecular weight excluding hydrogens is 342 g/mol. The zero-order valence-electron chi connectivity index (χ0n) is 14.9. The van der Waals surface area contributed by atoms with Crippen LogP contribution in [0.2, 0.25) is 0 Å². The van der Waals surface area contributed by atoms with Crippen LogP contribution in [0, 0.1) is 11.8 Å². The number of imidazole rings is 1. The first-order chi connectivity index (χ1) is 11.8. The van der Waals surface area contributed by atoms with Crippen molar-refractivity contribution in [3.05, 3.63) is 24.0 Å². The fraction of sp³-hybridized carbons (Fsp3) is 0.529. The third-order valence-corrected chi connectivity index (χ3v) is 6.46. The first-order valence-electron chi connectivity index (χ1n) is 8.34. The largest absolute Gasteiger partial charge is 0.457 e. The Morgan fingerprint density at radius 3 is 2.64 bits per heavy atom. The van der Waals surface area contributed by atoms with Gasteiger partial charge in [-0.15, -0.1) is 0 Å². The smallest absolute Gasteiger partial charge is 0.309 e. The summed E-state index contributed by atoms with van der Waals surface area (Å²) in [5, 5.41) is 0. The van der Waals surface area contributed by atoms with Crippen LogP contribution in [0.4, 0.5) is 0 Å². The average molecular weight is 365 g/mol. The molecule has 8 heteroatoms. The summed E-state index contributed by atoms with van der Waals surface area (Å²) in [7, 11) is -0.527. The highest BCUT2D eigenvalue weighted by atomic mass is 32.2. The van der Waals surface area contributed by atoms with Gasteiger partial charge in [-0.2, -0.15) is 0 Å². The van der Waals surface area contributed by atoms with Crippen LogP contribution < -0.4 is 0 Å². The van der Waals surface area contributed by atoms with Crippen molar-refractivity contribution < 1.29 is 17.9 Å². The highest BCUT2D eigenvalue weighted by molar-refractivity contribution is 7.89. The van der Waals surface area contributed by atoms with Crippen LogP contribution in [0.1, 0.15) is 26.1 Å². The second kappa shape index (κ2) is 6.42. The fourth-order valence-corrected chi connectivity index (χ4v) is 3.81. The van der Waals surface area contributed by atoms with E-state index in [2.05, 4.69) is 4.98 Å². The lowest BCUT2D eigenvalue weighted by Crippen LogP contribution is -2.22. The van der Waals surface area contributed by atoms with E-state index in [0.29, 0.717) is 23.8 Å². The second-order valence-corrected chi connectivity index (χ2v) is 8.79. The lowest BCUT2D eigenvalue weighted by atomic mass is 10.3. The molecule has 2 atom stereocenters. The molecule has 2 unspecified atom stereocenters. The molecule has 1 aromatic heterocycles. The summed E-state index contributed by atoms with van der Waals surface area (Å²) in [6.45, 7) is 4.75. The quantitative estimate of drug-likeness (QED) is 0.732. The van der Waals surface area contributed by atoms with Crippen LogP contribution in [0.15, 0.2) is 23.1 Å². The van der Waals surface area contributed by atoms with Gasteiger partial charge in [-0.1, -0.05) is 6.92 Å². The molecule has 0 N–H and O–H groups in total. The van der Waals surface area contributed by atoms with Gasteiger partial charge in [-0.05, 0) is 37.5 Å². The van der Waals surface area contributed by atoms with Crippen molar-refractivity contribution in [3.63, 3.8) is 0 Å². The number of aryl methyl sites for hydroxylation is 1. The molecule has 0 radical (unpaired) electrons. The van der Waals surface area contributed by atoms with Crippen LogP contribution in [-0.4, -0.2) is 42.3 Å². The SMILES string of the molecule is CCn1c(COC(=O)C2CC2C)nc2cc(S(=O)(=O)N(C)C)ccc21. The number of aromatic nitrogens is 2. The van der Waals surface area contributed by atoms with E-state index in [-0.39, 0.29) is 23.4 Å². The maximum atomic E-state index is 12.3. The summed E-state index contributed by atoms with van der Waals surface area (Å²) < 4.78 is 33.1. The summed E-state index contributed by atoms with van der Waals surface area (Å²) in [5.41, 5.74) is 1.40. The van der Waals surface area contributed by atoms with Gasteiger partial charge < -0.3 is 9.30 Å². The van der Waals surface area contributed by atoms with Crippen molar-refractivity contribution in [1.29, 1.82) is 0 Å². The highest BCUT2D eigenvalue weighted by Crippen LogP contribution is 2.38. The maximum Gasteiger partial charge on any atom is 0.309 e. The normalized spacial score (nSPS) is 20.2. The number of sulfonamides is 1. The first kappa shape index (κ1) is 17.9. The number of hydrogen-bond acceptors (Lipinski definition) is 5. The first-order valence-corrected chi connectivity index (χ1v) is 9.78. The van der Waals surface area contributed by atoms with Gasteiger partial charge in [0.25, 0.3) is 0 Å². The van der Waals surface area contributed by atoms with Gasteiger partial charge in [0.2, 0.25) is 10.0 Å². The molecule has 1 heterocycles. The lowest BCUT2D eigenvalue weighted by Gasteiger charge is -2.11. The summed E-state index contributed by atoms with van der Waals surface area (Å²) >= 11 is 0. The second-order valence-electron chi connectivity index (χ2n) is 6.64. The number of esters is 1. The summed E-state index contributed by atoms with van der Waals surface area (Å²) in [6.07, 6.45) is 0.884. The van der Waals surface area contributed by atoms with Crippen molar-refractivity contribution in [2.24, 2.45) is 11.8 Å². The van der Waals surface area contributed by atoms with Crippen molar-refractivity contribution in [3.8, 4) is 0 Å². The molecule has 0 spiro atoms. The molecule has 1 fully saturated rings. The van der Waals surface area contributed by atoms with Gasteiger partial charge in [-0.3, -0.25) is 4.79 Å². The molecule has 2 aromatic rings. The molecule has 1 aliphatic rings. The highest BCUT2D eigenvalue weighted by Gasteiger charge is 2.40. The van der Waals surface area contributed by atoms with E-state index in [4.69, 9.17) is 4.74 Å². The van der Waals surface area contributed by atoms with E-state index >= 15 is 0 Å². The summed E-state index contributed by atoms with van der Waals surface area (Å²) in [5.74, 6) is 0.851. The van der Waals surface area contributed by atoms with Gasteiger partial charge in [0.1, 0.15) is 12.4 Å². The Morgan fingerprint density at radius 1 is 1.40 bits per heavy atom. The third-order valence-electron chi connectivity index (χ3n) is 4.65. The minimum Gasteiger partial charge on any atom is -0.457 e. The number of rotatable bonds is 6. The molecule has 1 aliphatic carbocycles. The standard InChI is InChI=1S/C17H23N3O4S/c1-5-20-15-7-6-12(25(22,23)19(3)4)9-14(15)18-16(20)10-24-17(21)13-8-11(13)2/h6-7,9,11,13H,5,8,10H2,1-4H3. The minimum absolute atomic E-state index is 0.0105. The number of ether oxygens (including phenoxy) is 1. The molecule has 25 heavy (non-hydrogen) atoms. The van der Waals surface area contributed by atoms with Crippen LogP contribution in [0.3, 0.4) is 0 Å². The molecule has 7 nitrogen and oxygen atoms in total. The lowest BCUT2D eigenvalue weighted by molar-refractivity contribution is -0.147. The monoisotopic (exact) mass is 365 g/mol. The molecule has 1 aromatic carbocycles. The molecule has 0 aliphatic heterocycles. The summed E-state index contributed by atoms with van der Waals surface area (Å²) in [4.78, 5) is 16.6. The minimum atomic E-state index is -3.51. The molecule has 0 bridgehead atoms. The van der Waals surface area contributed by atoms with E-state index in [1.165, 1.54) is 18.4 Å². The number of carbonyl (C=O) groups excluding carboxylic acids is 1. The van der Waals surface area contributed by atoms with Crippen LogP contribution in [0.5, 0.6) is 0 Å². The number of carbonyl (C=O) groups is 1. The van der Waals surface area contributed by atoms with E-state index in [1.54, 1.807) is 18.2 Å². The fourth-order valence-electron chi connectivity index (χ4n) is 2.89. The van der Waals surface area contributed by atoms with Gasteiger partial charge >= 0.3 is 5.97 Å². The van der Waals surface area contributed by atoms with Crippen molar-refractivity contribution >= 4 is 27.0 Å². The van der Waals surface area contributed by atoms with Crippen LogP contribution >= 0.6 is 0 Å². The van der Waals surface area contributed by atoms with Crippen LogP contribution in [-0.2, 0) is 32.7 Å². The average Bonchev–Trinajstić information content (AvgIpc) is 3.19. The Balaban J connectivity index is 1.90. The van der Waals surface area contributed by atoms with E-state index < -0.39 is 10.0 Å². The maximum absolute atomic E-state index is 12.3. The van der Waals surface area contributed by atoms with Gasteiger partial charge in [0, 0.05) is 20.6 Å². The molecule has 1 saturated carbocycles. The topological polar surface area (TPSA) is 81.5 Å². The number of benzene rings is 1. The van der Waals surface area contributed by atoms with E-state index in [1.807, 2.05) is 18.4 Å². The zero-order chi connectivity index (χ0) is 18.4. The zero-order valence-corrected chi connectivity index (χ0v) is 15.7. The Hall–Kier alpha value is -1.93. The third kappa shape index (κ3) is 3.28. The van der Waals surface area contributed by atoms with Crippen LogP contribution in [0.25, 0.3) is 11.0 Å². The van der Waals surface area contributed by atoms with Gasteiger partial charge in [-0.25, -0.2) is 17.7 Å². The van der Waals surface area contributed by atoms with Gasteiger partial charge in [0.05, 0.1) is 21.8 Å². The summed E-state index contributed by atoms with van der Waals surface area (Å²) in [6, 6.07) is 4.88. The number of hydrogen-bond donors (Lipinski definition) is 0. The van der Waals surface area contributed by atoms with Crippen molar-refractivity contribution in [1.82, 2.24) is 13.9 Å².